The van der Waals surface area contributed by atoms with Crippen LogP contribution >= 0.6 is 0 Å². The van der Waals surface area contributed by atoms with Gasteiger partial charge in [0.15, 0.2) is 0 Å². The molecule has 28 heavy (non-hydrogen) atoms. The van der Waals surface area contributed by atoms with Crippen LogP contribution in [0, 0.1) is 5.41 Å². The molecule has 3 heteroatoms. The van der Waals surface area contributed by atoms with Gasteiger partial charge in [0.05, 0.1) is 12.4 Å². The molecule has 3 rings (SSSR count). The lowest BCUT2D eigenvalue weighted by molar-refractivity contribution is 0.155. The zero-order valence-electron chi connectivity index (χ0n) is 18.4. The lowest BCUT2D eigenvalue weighted by Crippen LogP contribution is -2.28. The van der Waals surface area contributed by atoms with Gasteiger partial charge in [0, 0.05) is 18.4 Å². The van der Waals surface area contributed by atoms with Gasteiger partial charge in [0.1, 0.15) is 12.4 Å². The molecule has 3 nitrogen and oxygen atoms in total. The van der Waals surface area contributed by atoms with Crippen molar-refractivity contribution in [1.29, 1.82) is 0 Å². The molecule has 0 atom stereocenters. The Bertz CT molecular complexity index is 741. The highest BCUT2D eigenvalue weighted by Gasteiger charge is 2.33. The highest BCUT2D eigenvalue weighted by Crippen LogP contribution is 2.45. The first-order chi connectivity index (χ1) is 13.5. The number of likely N-dealkylation sites (N-methyl/N-ethyl adjacent to an activating group) is 1. The minimum atomic E-state index is 0.0517. The number of hydrogen-bond donors (Lipinski definition) is 0. The topological polar surface area (TPSA) is 21.7 Å². The standard InChI is InChI=1S/C25H37NO2/c1-6-12-27-22-10-9-19-14-21-16-23(28-13-11-26(7-2)8-3)18-25(4,5)24(21)17-20(19)15-22/h9-10,15,18H,6-8,11-14,16-17H2,1-5H3. The summed E-state index contributed by atoms with van der Waals surface area (Å²) in [6, 6.07) is 6.65. The number of hydrogen-bond acceptors (Lipinski definition) is 3. The molecule has 0 aromatic heterocycles. The summed E-state index contributed by atoms with van der Waals surface area (Å²) in [5.74, 6) is 2.16. The van der Waals surface area contributed by atoms with E-state index in [-0.39, 0.29) is 5.41 Å². The first kappa shape index (κ1) is 21.0. The molecular weight excluding hydrogens is 346 g/mol. The van der Waals surface area contributed by atoms with E-state index in [0.717, 1.165) is 70.0 Å². The number of allylic oxidation sites excluding steroid dienone is 3. The quantitative estimate of drug-likeness (QED) is 0.522. The van der Waals surface area contributed by atoms with Gasteiger partial charge in [-0.3, -0.25) is 0 Å². The normalized spacial score (nSPS) is 17.9. The summed E-state index contributed by atoms with van der Waals surface area (Å²) >= 11 is 0. The van der Waals surface area contributed by atoms with E-state index in [2.05, 4.69) is 63.8 Å². The van der Waals surface area contributed by atoms with Gasteiger partial charge in [0.2, 0.25) is 0 Å². The number of benzene rings is 1. The van der Waals surface area contributed by atoms with Crippen LogP contribution in [0.15, 0.2) is 41.2 Å². The van der Waals surface area contributed by atoms with Crippen LogP contribution in [0.1, 0.15) is 58.6 Å². The fourth-order valence-electron chi connectivity index (χ4n) is 4.44. The van der Waals surface area contributed by atoms with Gasteiger partial charge in [-0.2, -0.15) is 0 Å². The molecule has 0 spiro atoms. The molecular formula is C25H37NO2. The molecule has 0 aliphatic heterocycles. The van der Waals surface area contributed by atoms with E-state index in [9.17, 15) is 0 Å². The predicted molar refractivity (Wildman–Crippen MR) is 117 cm³/mol. The van der Waals surface area contributed by atoms with Crippen molar-refractivity contribution in [2.45, 2.75) is 60.3 Å². The fourth-order valence-corrected chi connectivity index (χ4v) is 4.44. The molecule has 0 fully saturated rings. The first-order valence-electron chi connectivity index (χ1n) is 11.0. The van der Waals surface area contributed by atoms with Gasteiger partial charge < -0.3 is 14.4 Å². The average molecular weight is 384 g/mol. The molecule has 2 aliphatic carbocycles. The van der Waals surface area contributed by atoms with Crippen LogP contribution in [0.4, 0.5) is 0 Å². The maximum Gasteiger partial charge on any atom is 0.119 e. The monoisotopic (exact) mass is 383 g/mol. The Morgan fingerprint density at radius 2 is 1.71 bits per heavy atom. The molecule has 0 saturated heterocycles. The third kappa shape index (κ3) is 4.81. The Morgan fingerprint density at radius 1 is 0.929 bits per heavy atom. The molecule has 0 radical (unpaired) electrons. The van der Waals surface area contributed by atoms with Gasteiger partial charge in [0.25, 0.3) is 0 Å². The summed E-state index contributed by atoms with van der Waals surface area (Å²) in [6.07, 6.45) is 6.44. The summed E-state index contributed by atoms with van der Waals surface area (Å²) in [4.78, 5) is 2.41. The number of nitrogens with zero attached hydrogens (tertiary/aromatic N) is 1. The minimum Gasteiger partial charge on any atom is -0.497 e. The van der Waals surface area contributed by atoms with Crippen LogP contribution in [0.2, 0.25) is 0 Å². The predicted octanol–water partition coefficient (Wildman–Crippen LogP) is 5.54. The Labute approximate surface area is 171 Å². The van der Waals surface area contributed by atoms with Crippen LogP contribution in [0.3, 0.4) is 0 Å². The third-order valence-corrected chi connectivity index (χ3v) is 6.13. The molecule has 2 aliphatic rings. The average Bonchev–Trinajstić information content (AvgIpc) is 2.68. The van der Waals surface area contributed by atoms with Crippen molar-refractivity contribution >= 4 is 0 Å². The second-order valence-corrected chi connectivity index (χ2v) is 8.60. The van der Waals surface area contributed by atoms with Crippen molar-refractivity contribution in [3.63, 3.8) is 0 Å². The number of fused-ring (bicyclic) bond motifs is 1. The molecule has 0 amide bonds. The van der Waals surface area contributed by atoms with Crippen LogP contribution in [-0.2, 0) is 17.6 Å². The van der Waals surface area contributed by atoms with Gasteiger partial charge >= 0.3 is 0 Å². The van der Waals surface area contributed by atoms with Crippen LogP contribution in [0.25, 0.3) is 0 Å². The van der Waals surface area contributed by atoms with Gasteiger partial charge in [-0.1, -0.05) is 51.8 Å². The zero-order chi connectivity index (χ0) is 20.1. The Kier molecular flexibility index (Phi) is 6.87. The molecule has 1 aromatic rings. The van der Waals surface area contributed by atoms with E-state index in [1.54, 1.807) is 11.1 Å². The Hall–Kier alpha value is -1.74. The van der Waals surface area contributed by atoms with E-state index in [0.29, 0.717) is 0 Å². The van der Waals surface area contributed by atoms with Gasteiger partial charge in [-0.15, -0.1) is 0 Å². The minimum absolute atomic E-state index is 0.0517. The molecule has 0 unspecified atom stereocenters. The van der Waals surface area contributed by atoms with E-state index in [1.165, 1.54) is 11.1 Å². The van der Waals surface area contributed by atoms with E-state index in [4.69, 9.17) is 9.47 Å². The molecule has 0 heterocycles. The SMILES string of the molecule is CCCOc1ccc2c(c1)CC1=C(CC(OCCN(CC)CC)=CC1(C)C)C2. The van der Waals surface area contributed by atoms with Crippen molar-refractivity contribution in [2.75, 3.05) is 32.8 Å². The lowest BCUT2D eigenvalue weighted by atomic mass is 9.69. The van der Waals surface area contributed by atoms with Crippen molar-refractivity contribution < 1.29 is 9.47 Å². The summed E-state index contributed by atoms with van der Waals surface area (Å²) in [5, 5.41) is 0. The van der Waals surface area contributed by atoms with Crippen molar-refractivity contribution in [2.24, 2.45) is 5.41 Å². The maximum atomic E-state index is 6.22. The van der Waals surface area contributed by atoms with E-state index in [1.807, 2.05) is 0 Å². The number of ether oxygens (including phenoxy) is 2. The third-order valence-electron chi connectivity index (χ3n) is 6.13. The lowest BCUT2D eigenvalue weighted by Gasteiger charge is -2.37. The summed E-state index contributed by atoms with van der Waals surface area (Å²) in [7, 11) is 0. The number of rotatable bonds is 9. The maximum absolute atomic E-state index is 6.22. The van der Waals surface area contributed by atoms with Crippen LogP contribution < -0.4 is 4.74 Å². The molecule has 0 bridgehead atoms. The van der Waals surface area contributed by atoms with Crippen molar-refractivity contribution in [3.05, 3.63) is 52.3 Å². The zero-order valence-corrected chi connectivity index (χ0v) is 18.4. The van der Waals surface area contributed by atoms with Crippen molar-refractivity contribution in [3.8, 4) is 5.75 Å². The molecule has 0 N–H and O–H groups in total. The molecule has 1 aromatic carbocycles. The molecule has 0 saturated carbocycles. The summed E-state index contributed by atoms with van der Waals surface area (Å²) in [5.41, 5.74) is 6.06. The second kappa shape index (κ2) is 9.17. The first-order valence-corrected chi connectivity index (χ1v) is 11.0. The highest BCUT2D eigenvalue weighted by atomic mass is 16.5. The molecule has 154 valence electrons. The van der Waals surface area contributed by atoms with E-state index < -0.39 is 0 Å². The summed E-state index contributed by atoms with van der Waals surface area (Å²) in [6.45, 7) is 16.0. The van der Waals surface area contributed by atoms with Crippen LogP contribution in [0.5, 0.6) is 5.75 Å². The second-order valence-electron chi connectivity index (χ2n) is 8.60. The Morgan fingerprint density at radius 3 is 2.43 bits per heavy atom. The largest absolute Gasteiger partial charge is 0.497 e. The van der Waals surface area contributed by atoms with E-state index >= 15 is 0 Å². The summed E-state index contributed by atoms with van der Waals surface area (Å²) < 4.78 is 12.1. The van der Waals surface area contributed by atoms with Gasteiger partial charge in [-0.25, -0.2) is 0 Å². The van der Waals surface area contributed by atoms with Crippen molar-refractivity contribution in [1.82, 2.24) is 4.90 Å². The highest BCUT2D eigenvalue weighted by molar-refractivity contribution is 5.49. The fraction of sp³-hybridized carbons (Fsp3) is 0.600. The van der Waals surface area contributed by atoms with Gasteiger partial charge in [-0.05, 0) is 61.7 Å². The smallest absolute Gasteiger partial charge is 0.119 e. The Balaban J connectivity index is 1.69. The van der Waals surface area contributed by atoms with Crippen LogP contribution in [-0.4, -0.2) is 37.7 Å².